The van der Waals surface area contributed by atoms with Crippen LogP contribution in [0.1, 0.15) is 50.7 Å². The van der Waals surface area contributed by atoms with Gasteiger partial charge in [0.2, 0.25) is 0 Å². The van der Waals surface area contributed by atoms with Crippen LogP contribution >= 0.6 is 11.3 Å². The van der Waals surface area contributed by atoms with Gasteiger partial charge in [0.25, 0.3) is 0 Å². The molecule has 0 bridgehead atoms. The van der Waals surface area contributed by atoms with Gasteiger partial charge in [-0.2, -0.15) is 0 Å². The lowest BCUT2D eigenvalue weighted by atomic mass is 10.2. The van der Waals surface area contributed by atoms with E-state index >= 15 is 0 Å². The Morgan fingerprint density at radius 1 is 1.32 bits per heavy atom. The van der Waals surface area contributed by atoms with Gasteiger partial charge in [0, 0.05) is 32.2 Å². The molecule has 1 heterocycles. The Balaban J connectivity index is 2.19. The van der Waals surface area contributed by atoms with E-state index in [1.165, 1.54) is 0 Å². The Kier molecular flexibility index (Phi) is 9.08. The summed E-state index contributed by atoms with van der Waals surface area (Å²) in [7, 11) is 1.78. The monoisotopic (exact) mass is 326 g/mol. The number of nitrogens with one attached hydrogen (secondary N) is 2. The Morgan fingerprint density at radius 2 is 2.09 bits per heavy atom. The van der Waals surface area contributed by atoms with Gasteiger partial charge in [0.1, 0.15) is 5.01 Å². The van der Waals surface area contributed by atoms with Gasteiger partial charge in [0.15, 0.2) is 5.96 Å². The molecule has 126 valence electrons. The summed E-state index contributed by atoms with van der Waals surface area (Å²) < 4.78 is 5.56. The molecule has 0 aromatic carbocycles. The fourth-order valence-electron chi connectivity index (χ4n) is 1.75. The third kappa shape index (κ3) is 7.75. The van der Waals surface area contributed by atoms with E-state index in [4.69, 9.17) is 4.74 Å². The highest BCUT2D eigenvalue weighted by atomic mass is 32.1. The molecule has 22 heavy (non-hydrogen) atoms. The van der Waals surface area contributed by atoms with Crippen LogP contribution < -0.4 is 10.6 Å². The topological polar surface area (TPSA) is 58.5 Å². The number of aliphatic imine (C=N–C) groups is 1. The predicted molar refractivity (Wildman–Crippen MR) is 94.7 cm³/mol. The number of hydrogen-bond donors (Lipinski definition) is 2. The first-order chi connectivity index (χ1) is 10.5. The molecule has 0 saturated heterocycles. The van der Waals surface area contributed by atoms with Crippen LogP contribution in [-0.2, 0) is 11.3 Å². The first kappa shape index (κ1) is 18.9. The molecule has 6 heteroatoms. The number of thiazole rings is 1. The Hall–Kier alpha value is -1.14. The highest BCUT2D eigenvalue weighted by molar-refractivity contribution is 7.09. The quantitative estimate of drug-likeness (QED) is 0.416. The molecule has 1 aromatic heterocycles. The molecule has 0 atom stereocenters. The summed E-state index contributed by atoms with van der Waals surface area (Å²) in [5.41, 5.74) is 1.16. The van der Waals surface area contributed by atoms with Crippen LogP contribution in [0.15, 0.2) is 10.4 Å². The third-order valence-electron chi connectivity index (χ3n) is 3.00. The average Bonchev–Trinajstić information content (AvgIpc) is 2.94. The molecule has 1 rings (SSSR count). The molecule has 0 unspecified atom stereocenters. The van der Waals surface area contributed by atoms with Gasteiger partial charge in [-0.1, -0.05) is 27.7 Å². The molecule has 0 aliphatic carbocycles. The molecule has 0 aliphatic rings. The lowest BCUT2D eigenvalue weighted by Crippen LogP contribution is -2.37. The first-order valence-electron chi connectivity index (χ1n) is 7.99. The highest BCUT2D eigenvalue weighted by Crippen LogP contribution is 2.17. The van der Waals surface area contributed by atoms with Crippen LogP contribution in [-0.4, -0.2) is 37.7 Å². The van der Waals surface area contributed by atoms with Gasteiger partial charge in [-0.3, -0.25) is 4.99 Å². The normalized spacial score (nSPS) is 12.2. The predicted octanol–water partition coefficient (Wildman–Crippen LogP) is 2.99. The second-order valence-corrected chi connectivity index (χ2v) is 6.94. The van der Waals surface area contributed by atoms with Crippen molar-refractivity contribution >= 4 is 17.3 Å². The van der Waals surface area contributed by atoms with Gasteiger partial charge in [-0.15, -0.1) is 11.3 Å². The van der Waals surface area contributed by atoms with Crippen molar-refractivity contribution < 1.29 is 4.74 Å². The zero-order valence-corrected chi connectivity index (χ0v) is 15.3. The largest absolute Gasteiger partial charge is 0.381 e. The minimum absolute atomic E-state index is 0.480. The van der Waals surface area contributed by atoms with E-state index in [9.17, 15) is 0 Å². The SMILES string of the molecule is CN=C(NCCCOCC(C)C)NCc1nc(C(C)C)cs1. The van der Waals surface area contributed by atoms with E-state index < -0.39 is 0 Å². The zero-order valence-electron chi connectivity index (χ0n) is 14.5. The summed E-state index contributed by atoms with van der Waals surface area (Å²) in [6.07, 6.45) is 0.974. The standard InChI is InChI=1S/C16H30N4OS/c1-12(2)10-21-8-6-7-18-16(17-5)19-9-15-20-14(11-22-15)13(3)4/h11-13H,6-10H2,1-5H3,(H2,17,18,19). The molecule has 1 aromatic rings. The maximum Gasteiger partial charge on any atom is 0.191 e. The van der Waals surface area contributed by atoms with Crippen LogP contribution in [0.5, 0.6) is 0 Å². The van der Waals surface area contributed by atoms with Gasteiger partial charge in [0.05, 0.1) is 12.2 Å². The van der Waals surface area contributed by atoms with E-state index in [0.717, 1.165) is 42.8 Å². The Morgan fingerprint density at radius 3 is 2.68 bits per heavy atom. The molecule has 2 N–H and O–H groups in total. The fraction of sp³-hybridized carbons (Fsp3) is 0.750. The van der Waals surface area contributed by atoms with Crippen molar-refractivity contribution in [1.82, 2.24) is 15.6 Å². The third-order valence-corrected chi connectivity index (χ3v) is 3.87. The van der Waals surface area contributed by atoms with Crippen molar-refractivity contribution in [1.29, 1.82) is 0 Å². The van der Waals surface area contributed by atoms with Crippen LogP contribution in [0.3, 0.4) is 0 Å². The van der Waals surface area contributed by atoms with Gasteiger partial charge in [-0.05, 0) is 18.3 Å². The van der Waals surface area contributed by atoms with Crippen molar-refractivity contribution in [2.75, 3.05) is 26.8 Å². The summed E-state index contributed by atoms with van der Waals surface area (Å²) in [5, 5.41) is 9.80. The summed E-state index contributed by atoms with van der Waals surface area (Å²) in [6.45, 7) is 11.8. The van der Waals surface area contributed by atoms with Gasteiger partial charge in [-0.25, -0.2) is 4.98 Å². The summed E-state index contributed by atoms with van der Waals surface area (Å²) >= 11 is 1.69. The lowest BCUT2D eigenvalue weighted by molar-refractivity contribution is 0.108. The van der Waals surface area contributed by atoms with Crippen LogP contribution in [0, 0.1) is 5.92 Å². The molecule has 0 saturated carbocycles. The van der Waals surface area contributed by atoms with Crippen molar-refractivity contribution in [3.63, 3.8) is 0 Å². The van der Waals surface area contributed by atoms with E-state index in [0.29, 0.717) is 18.4 Å². The maximum absolute atomic E-state index is 5.56. The summed E-state index contributed by atoms with van der Waals surface area (Å²) in [6, 6.07) is 0. The zero-order chi connectivity index (χ0) is 16.4. The smallest absolute Gasteiger partial charge is 0.191 e. The second kappa shape index (κ2) is 10.6. The molecule has 5 nitrogen and oxygen atoms in total. The van der Waals surface area contributed by atoms with Gasteiger partial charge < -0.3 is 15.4 Å². The lowest BCUT2D eigenvalue weighted by Gasteiger charge is -2.11. The van der Waals surface area contributed by atoms with Crippen LogP contribution in [0.4, 0.5) is 0 Å². The van der Waals surface area contributed by atoms with E-state index in [1.807, 2.05) is 0 Å². The van der Waals surface area contributed by atoms with Crippen LogP contribution in [0.2, 0.25) is 0 Å². The first-order valence-corrected chi connectivity index (χ1v) is 8.87. The maximum atomic E-state index is 5.56. The minimum atomic E-state index is 0.480. The van der Waals surface area contributed by atoms with E-state index in [2.05, 4.69) is 53.7 Å². The fourth-order valence-corrected chi connectivity index (χ4v) is 2.65. The van der Waals surface area contributed by atoms with E-state index in [-0.39, 0.29) is 0 Å². The van der Waals surface area contributed by atoms with Crippen molar-refractivity contribution in [2.45, 2.75) is 46.6 Å². The number of guanidine groups is 1. The van der Waals surface area contributed by atoms with Crippen LogP contribution in [0.25, 0.3) is 0 Å². The van der Waals surface area contributed by atoms with E-state index in [1.54, 1.807) is 18.4 Å². The summed E-state index contributed by atoms with van der Waals surface area (Å²) in [4.78, 5) is 8.83. The number of aromatic nitrogens is 1. The highest BCUT2D eigenvalue weighted by Gasteiger charge is 2.06. The number of hydrogen-bond acceptors (Lipinski definition) is 4. The molecular formula is C16H30N4OS. The van der Waals surface area contributed by atoms with Crippen molar-refractivity contribution in [3.8, 4) is 0 Å². The number of rotatable bonds is 9. The Labute approximate surface area is 138 Å². The minimum Gasteiger partial charge on any atom is -0.381 e. The van der Waals surface area contributed by atoms with Crippen molar-refractivity contribution in [3.05, 3.63) is 16.1 Å². The molecule has 0 amide bonds. The molecule has 0 radical (unpaired) electrons. The molecular weight excluding hydrogens is 296 g/mol. The van der Waals surface area contributed by atoms with Gasteiger partial charge >= 0.3 is 0 Å². The average molecular weight is 327 g/mol. The molecule has 0 spiro atoms. The number of nitrogens with zero attached hydrogens (tertiary/aromatic N) is 2. The number of ether oxygens (including phenoxy) is 1. The van der Waals surface area contributed by atoms with Crippen molar-refractivity contribution in [2.24, 2.45) is 10.9 Å². The summed E-state index contributed by atoms with van der Waals surface area (Å²) in [5.74, 6) is 1.88. The molecule has 0 fully saturated rings. The second-order valence-electron chi connectivity index (χ2n) is 6.00. The Bertz CT molecular complexity index is 443. The molecule has 0 aliphatic heterocycles.